The maximum Gasteiger partial charge on any atom is 0.417 e. The molecule has 0 unspecified atom stereocenters. The zero-order chi connectivity index (χ0) is 31.3. The molecule has 1 aliphatic rings. The van der Waals surface area contributed by atoms with Crippen LogP contribution in [0.4, 0.5) is 24.7 Å². The second-order valence-corrected chi connectivity index (χ2v) is 17.9. The van der Waals surface area contributed by atoms with Gasteiger partial charge in [-0.3, -0.25) is 9.48 Å². The van der Waals surface area contributed by atoms with Gasteiger partial charge in [0.25, 0.3) is 5.91 Å². The fourth-order valence-electron chi connectivity index (χ4n) is 5.00. The van der Waals surface area contributed by atoms with E-state index >= 15 is 0 Å². The predicted molar refractivity (Wildman–Crippen MR) is 163 cm³/mol. The molecule has 0 radical (unpaired) electrons. The molecule has 0 spiro atoms. The third-order valence-corrected chi connectivity index (χ3v) is 9.43. The number of halogens is 4. The van der Waals surface area contributed by atoms with E-state index in [1.165, 1.54) is 17.0 Å². The van der Waals surface area contributed by atoms with Crippen LogP contribution in [0.15, 0.2) is 42.7 Å². The predicted octanol–water partition coefficient (Wildman–Crippen LogP) is 6.91. The van der Waals surface area contributed by atoms with Crippen molar-refractivity contribution in [3.8, 4) is 22.6 Å². The molecule has 1 atom stereocenters. The molecule has 3 aromatic heterocycles. The van der Waals surface area contributed by atoms with Gasteiger partial charge in [0, 0.05) is 44.4 Å². The van der Waals surface area contributed by atoms with Crippen molar-refractivity contribution in [1.29, 1.82) is 0 Å². The molecule has 0 bridgehead atoms. The zero-order valence-corrected chi connectivity index (χ0v) is 26.3. The number of anilines is 2. The quantitative estimate of drug-likeness (QED) is 0.167. The first-order valence-corrected chi connectivity index (χ1v) is 17.9. The van der Waals surface area contributed by atoms with Gasteiger partial charge in [-0.15, -0.1) is 0 Å². The molecule has 0 aliphatic carbocycles. The maximum atomic E-state index is 13.9. The number of aromatic nitrogens is 5. The van der Waals surface area contributed by atoms with Gasteiger partial charge in [0.1, 0.15) is 24.1 Å². The number of amides is 1. The van der Waals surface area contributed by atoms with Crippen LogP contribution in [0, 0.1) is 6.92 Å². The maximum absolute atomic E-state index is 13.9. The molecule has 4 aromatic rings. The number of nitrogens with zero attached hydrogens (tertiary/aromatic N) is 6. The number of hydrogen-bond acceptors (Lipinski definition) is 6. The van der Waals surface area contributed by atoms with E-state index in [1.54, 1.807) is 23.1 Å². The number of carbonyl (C=O) groups is 1. The second kappa shape index (κ2) is 11.4. The summed E-state index contributed by atoms with van der Waals surface area (Å²) in [6.07, 6.45) is -1.37. The number of hydrogen-bond donors (Lipinski definition) is 1. The lowest BCUT2D eigenvalue weighted by atomic mass is 10.1. The van der Waals surface area contributed by atoms with Gasteiger partial charge < -0.3 is 19.9 Å². The Bertz CT molecular complexity index is 1660. The first-order valence-electron chi connectivity index (χ1n) is 13.8. The number of fused-ring (bicyclic) bond motifs is 1. The SMILES string of the molecule is Cc1c(-c2cnn3c2C(=O)N(c2ccc(C(F)(F)F)c(Cl)c2)C[C@@H]3C)nc(-c2ccc(N)nc2)n1COCC[Si](C)(C)C. The van der Waals surface area contributed by atoms with Crippen LogP contribution in [-0.4, -0.2) is 51.4 Å². The van der Waals surface area contributed by atoms with Crippen molar-refractivity contribution in [2.24, 2.45) is 0 Å². The van der Waals surface area contributed by atoms with Crippen molar-refractivity contribution >= 4 is 37.1 Å². The Morgan fingerprint density at radius 1 is 1.16 bits per heavy atom. The van der Waals surface area contributed by atoms with Crippen molar-refractivity contribution in [2.75, 3.05) is 23.8 Å². The van der Waals surface area contributed by atoms with Gasteiger partial charge in [0.05, 0.1) is 34.1 Å². The number of alkyl halides is 3. The Labute approximate surface area is 253 Å². The number of benzene rings is 1. The molecule has 1 aliphatic heterocycles. The topological polar surface area (TPSA) is 104 Å². The van der Waals surface area contributed by atoms with E-state index in [1.807, 2.05) is 24.5 Å². The minimum atomic E-state index is -4.60. The summed E-state index contributed by atoms with van der Waals surface area (Å²) in [6, 6.07) is 7.57. The number of imidazole rings is 1. The second-order valence-electron chi connectivity index (χ2n) is 11.9. The van der Waals surface area contributed by atoms with Crippen LogP contribution in [-0.2, 0) is 17.6 Å². The van der Waals surface area contributed by atoms with Gasteiger partial charge in [0.15, 0.2) is 0 Å². The summed E-state index contributed by atoms with van der Waals surface area (Å²) in [5, 5.41) is 4.04. The van der Waals surface area contributed by atoms with Crippen LogP contribution >= 0.6 is 11.6 Å². The van der Waals surface area contributed by atoms with Crippen molar-refractivity contribution in [3.63, 3.8) is 0 Å². The third kappa shape index (κ3) is 6.20. The molecule has 4 heterocycles. The Morgan fingerprint density at radius 3 is 2.53 bits per heavy atom. The van der Waals surface area contributed by atoms with Crippen LogP contribution < -0.4 is 10.6 Å². The first kappa shape index (κ1) is 30.8. The Kier molecular flexibility index (Phi) is 8.18. The molecule has 1 amide bonds. The highest BCUT2D eigenvalue weighted by Gasteiger charge is 2.37. The molecule has 9 nitrogen and oxygen atoms in total. The molecular weight excluding hydrogens is 599 g/mol. The average Bonchev–Trinajstić information content (AvgIpc) is 3.50. The molecule has 228 valence electrons. The van der Waals surface area contributed by atoms with E-state index in [2.05, 4.69) is 29.7 Å². The van der Waals surface area contributed by atoms with Gasteiger partial charge in [-0.1, -0.05) is 31.2 Å². The number of rotatable bonds is 8. The van der Waals surface area contributed by atoms with Gasteiger partial charge in [-0.25, -0.2) is 9.97 Å². The normalized spacial score (nSPS) is 15.7. The molecule has 5 rings (SSSR count). The standard InChI is InChI=1S/C29H33ClF3N7O2Si/c1-17-15-38(20-7-8-22(23(30)12-20)29(31,32)33)28(41)26-21(14-36-40(17)26)25-18(2)39(16-42-10-11-43(3,4)5)27(37-25)19-6-9-24(34)35-13-19/h6-9,12-14,17H,10-11,15-16H2,1-5H3,(H2,34,35)/t17-/m0/s1. The average molecular weight is 632 g/mol. The summed E-state index contributed by atoms with van der Waals surface area (Å²) in [7, 11) is -1.30. The van der Waals surface area contributed by atoms with Crippen molar-refractivity contribution in [2.45, 2.75) is 58.5 Å². The fraction of sp³-hybridized carbons (Fsp3) is 0.379. The van der Waals surface area contributed by atoms with Crippen molar-refractivity contribution < 1.29 is 22.7 Å². The number of ether oxygens (including phenoxy) is 1. The van der Waals surface area contributed by atoms with Gasteiger partial charge in [0.2, 0.25) is 0 Å². The van der Waals surface area contributed by atoms with Crippen LogP contribution in [0.25, 0.3) is 22.6 Å². The Morgan fingerprint density at radius 2 is 1.91 bits per heavy atom. The van der Waals surface area contributed by atoms with Crippen LogP contribution in [0.5, 0.6) is 0 Å². The summed E-state index contributed by atoms with van der Waals surface area (Å²) in [5.74, 6) is 0.548. The van der Waals surface area contributed by atoms with Gasteiger partial charge in [-0.2, -0.15) is 18.3 Å². The van der Waals surface area contributed by atoms with Gasteiger partial charge >= 0.3 is 6.18 Å². The number of nitrogens with two attached hydrogens (primary N) is 1. The zero-order valence-electron chi connectivity index (χ0n) is 24.5. The summed E-state index contributed by atoms with van der Waals surface area (Å²) >= 11 is 6.00. The van der Waals surface area contributed by atoms with Crippen molar-refractivity contribution in [1.82, 2.24) is 24.3 Å². The summed E-state index contributed by atoms with van der Waals surface area (Å²) in [4.78, 5) is 24.5. The molecule has 2 N–H and O–H groups in total. The molecule has 14 heteroatoms. The van der Waals surface area contributed by atoms with Crippen LogP contribution in [0.2, 0.25) is 30.7 Å². The van der Waals surface area contributed by atoms with E-state index in [0.717, 1.165) is 23.4 Å². The van der Waals surface area contributed by atoms with Gasteiger partial charge in [-0.05, 0) is 50.2 Å². The fourth-order valence-corrected chi connectivity index (χ4v) is 6.04. The summed E-state index contributed by atoms with van der Waals surface area (Å²) < 4.78 is 49.6. The summed E-state index contributed by atoms with van der Waals surface area (Å²) in [6.45, 7) is 11.7. The van der Waals surface area contributed by atoms with E-state index in [9.17, 15) is 18.0 Å². The molecular formula is C29H33ClF3N7O2Si. The minimum Gasteiger partial charge on any atom is -0.384 e. The minimum absolute atomic E-state index is 0.204. The highest BCUT2D eigenvalue weighted by atomic mass is 35.5. The smallest absolute Gasteiger partial charge is 0.384 e. The number of nitrogen functional groups attached to an aromatic ring is 1. The number of carbonyl (C=O) groups excluding carboxylic acids is 1. The lowest BCUT2D eigenvalue weighted by molar-refractivity contribution is -0.137. The van der Waals surface area contributed by atoms with E-state index < -0.39 is 30.7 Å². The van der Waals surface area contributed by atoms with Crippen LogP contribution in [0.1, 0.15) is 34.7 Å². The van der Waals surface area contributed by atoms with E-state index in [4.69, 9.17) is 27.1 Å². The first-order chi connectivity index (χ1) is 20.2. The number of pyridine rings is 1. The highest BCUT2D eigenvalue weighted by molar-refractivity contribution is 6.76. The lowest BCUT2D eigenvalue weighted by Crippen LogP contribution is -2.42. The molecule has 0 saturated heterocycles. The third-order valence-electron chi connectivity index (χ3n) is 7.41. The van der Waals surface area contributed by atoms with Crippen molar-refractivity contribution in [3.05, 3.63) is 64.7 Å². The van der Waals surface area contributed by atoms with E-state index in [-0.39, 0.29) is 30.7 Å². The van der Waals surface area contributed by atoms with E-state index in [0.29, 0.717) is 29.5 Å². The lowest BCUT2D eigenvalue weighted by Gasteiger charge is -2.32. The summed E-state index contributed by atoms with van der Waals surface area (Å²) in [5.41, 5.74) is 7.92. The molecule has 43 heavy (non-hydrogen) atoms. The molecule has 1 aromatic carbocycles. The molecule has 0 fully saturated rings. The van der Waals surface area contributed by atoms with Crippen LogP contribution in [0.3, 0.4) is 0 Å². The highest BCUT2D eigenvalue weighted by Crippen LogP contribution is 2.39. The monoisotopic (exact) mass is 631 g/mol. The Balaban J connectivity index is 1.55. The largest absolute Gasteiger partial charge is 0.417 e. The Hall–Kier alpha value is -3.68. The molecule has 0 saturated carbocycles.